The lowest BCUT2D eigenvalue weighted by atomic mass is 10.1. The van der Waals surface area contributed by atoms with Gasteiger partial charge in [0.25, 0.3) is 5.78 Å². The third kappa shape index (κ3) is 3.34. The van der Waals surface area contributed by atoms with Crippen LogP contribution in [0.4, 0.5) is 0 Å². The summed E-state index contributed by atoms with van der Waals surface area (Å²) in [4.78, 5) is 20.6. The van der Waals surface area contributed by atoms with Crippen molar-refractivity contribution in [2.45, 2.75) is 26.9 Å². The van der Waals surface area contributed by atoms with E-state index in [4.69, 9.17) is 27.9 Å². The molecule has 6 nitrogen and oxygen atoms in total. The molecule has 0 radical (unpaired) electrons. The molecule has 0 atom stereocenters. The fourth-order valence-corrected chi connectivity index (χ4v) is 2.72. The molecule has 3 rings (SSSR count). The van der Waals surface area contributed by atoms with Gasteiger partial charge in [0, 0.05) is 17.0 Å². The summed E-state index contributed by atoms with van der Waals surface area (Å²) < 4.78 is 6.92. The van der Waals surface area contributed by atoms with E-state index in [1.54, 1.807) is 22.7 Å². The highest BCUT2D eigenvalue weighted by molar-refractivity contribution is 6.42. The van der Waals surface area contributed by atoms with Crippen molar-refractivity contribution in [1.82, 2.24) is 19.6 Å². The van der Waals surface area contributed by atoms with Gasteiger partial charge in [-0.25, -0.2) is 9.50 Å². The molecule has 124 valence electrons. The average Bonchev–Trinajstić information content (AvgIpc) is 3.01. The van der Waals surface area contributed by atoms with E-state index in [9.17, 15) is 4.79 Å². The van der Waals surface area contributed by atoms with Gasteiger partial charge in [0.2, 0.25) is 0 Å². The third-order valence-corrected chi connectivity index (χ3v) is 4.43. The normalized spacial score (nSPS) is 11.0. The van der Waals surface area contributed by atoms with Gasteiger partial charge in [-0.2, -0.15) is 10.1 Å². The average molecular weight is 365 g/mol. The number of benzene rings is 1. The zero-order valence-electron chi connectivity index (χ0n) is 13.1. The maximum absolute atomic E-state index is 12.2. The molecule has 0 saturated carbocycles. The Morgan fingerprint density at radius 3 is 2.79 bits per heavy atom. The second-order valence-electron chi connectivity index (χ2n) is 5.32. The molecule has 0 aliphatic carbocycles. The Balaban J connectivity index is 1.72. The predicted molar refractivity (Wildman–Crippen MR) is 90.2 cm³/mol. The van der Waals surface area contributed by atoms with Crippen molar-refractivity contribution in [2.24, 2.45) is 0 Å². The number of fused-ring (bicyclic) bond motifs is 1. The first-order chi connectivity index (χ1) is 11.5. The number of esters is 1. The highest BCUT2D eigenvalue weighted by atomic mass is 35.5. The van der Waals surface area contributed by atoms with Gasteiger partial charge in [0.05, 0.1) is 16.5 Å². The van der Waals surface area contributed by atoms with Crippen LogP contribution in [0.15, 0.2) is 24.5 Å². The van der Waals surface area contributed by atoms with E-state index in [0.717, 1.165) is 22.5 Å². The first-order valence-electron chi connectivity index (χ1n) is 7.21. The Bertz CT molecular complexity index is 924. The number of carbonyl (C=O) groups excluding carboxylic acids is 1. The zero-order valence-corrected chi connectivity index (χ0v) is 14.6. The zero-order chi connectivity index (χ0) is 17.3. The van der Waals surface area contributed by atoms with Gasteiger partial charge in [0.1, 0.15) is 12.9 Å². The number of ether oxygens (including phenoxy) is 1. The van der Waals surface area contributed by atoms with Crippen LogP contribution in [0.25, 0.3) is 5.78 Å². The molecule has 0 spiro atoms. The predicted octanol–water partition coefficient (Wildman–Crippen LogP) is 3.33. The van der Waals surface area contributed by atoms with Crippen molar-refractivity contribution in [3.8, 4) is 0 Å². The Kier molecular flexibility index (Phi) is 4.69. The summed E-state index contributed by atoms with van der Waals surface area (Å²) in [6.45, 7) is 3.84. The molecule has 0 bridgehead atoms. The molecule has 8 heteroatoms. The second-order valence-corrected chi connectivity index (χ2v) is 6.13. The molecule has 0 N–H and O–H groups in total. The van der Waals surface area contributed by atoms with Gasteiger partial charge in [-0.05, 0) is 31.5 Å². The Morgan fingerprint density at radius 1 is 1.25 bits per heavy atom. The lowest BCUT2D eigenvalue weighted by molar-refractivity contribution is -0.144. The van der Waals surface area contributed by atoms with Crippen LogP contribution in [0.2, 0.25) is 10.0 Å². The number of aromatic nitrogens is 4. The molecule has 24 heavy (non-hydrogen) atoms. The number of halogens is 2. The molecule has 0 saturated heterocycles. The molecule has 0 aliphatic rings. The second kappa shape index (κ2) is 6.75. The molecule has 3 aromatic rings. The van der Waals surface area contributed by atoms with Crippen molar-refractivity contribution in [3.63, 3.8) is 0 Å². The van der Waals surface area contributed by atoms with Crippen LogP contribution in [0, 0.1) is 13.8 Å². The van der Waals surface area contributed by atoms with E-state index in [0.29, 0.717) is 15.8 Å². The van der Waals surface area contributed by atoms with Gasteiger partial charge in [0.15, 0.2) is 0 Å². The SMILES string of the molecule is Cc1nc2ncnn2c(C)c1CC(=O)OCc1ccc(Cl)c(Cl)c1. The summed E-state index contributed by atoms with van der Waals surface area (Å²) in [7, 11) is 0. The number of nitrogens with zero attached hydrogens (tertiary/aromatic N) is 4. The van der Waals surface area contributed by atoms with Crippen LogP contribution < -0.4 is 0 Å². The molecule has 2 aromatic heterocycles. The molecular formula is C16H14Cl2N4O2. The first kappa shape index (κ1) is 16.7. The summed E-state index contributed by atoms with van der Waals surface area (Å²) in [6, 6.07) is 5.11. The van der Waals surface area contributed by atoms with Gasteiger partial charge in [-0.15, -0.1) is 0 Å². The fourth-order valence-electron chi connectivity index (χ4n) is 2.40. The highest BCUT2D eigenvalue weighted by Gasteiger charge is 2.15. The molecular weight excluding hydrogens is 351 g/mol. The van der Waals surface area contributed by atoms with Crippen LogP contribution in [0.5, 0.6) is 0 Å². The van der Waals surface area contributed by atoms with Crippen molar-refractivity contribution >= 4 is 34.9 Å². The number of hydrogen-bond acceptors (Lipinski definition) is 5. The van der Waals surface area contributed by atoms with E-state index in [-0.39, 0.29) is 19.0 Å². The van der Waals surface area contributed by atoms with Crippen molar-refractivity contribution in [2.75, 3.05) is 0 Å². The molecule has 2 heterocycles. The number of hydrogen-bond donors (Lipinski definition) is 0. The molecule has 0 amide bonds. The Hall–Kier alpha value is -2.18. The van der Waals surface area contributed by atoms with E-state index < -0.39 is 0 Å². The van der Waals surface area contributed by atoms with Crippen molar-refractivity contribution in [3.05, 3.63) is 57.1 Å². The third-order valence-electron chi connectivity index (χ3n) is 3.69. The van der Waals surface area contributed by atoms with Gasteiger partial charge in [-0.1, -0.05) is 29.3 Å². The summed E-state index contributed by atoms with van der Waals surface area (Å²) in [5.41, 5.74) is 3.11. The number of rotatable bonds is 4. The van der Waals surface area contributed by atoms with Gasteiger partial charge < -0.3 is 4.74 Å². The van der Waals surface area contributed by atoms with Crippen LogP contribution >= 0.6 is 23.2 Å². The van der Waals surface area contributed by atoms with Crippen LogP contribution in [-0.4, -0.2) is 25.6 Å². The summed E-state index contributed by atoms with van der Waals surface area (Å²) in [6.07, 6.45) is 1.54. The minimum Gasteiger partial charge on any atom is -0.461 e. The van der Waals surface area contributed by atoms with Crippen LogP contribution in [0.3, 0.4) is 0 Å². The quantitative estimate of drug-likeness (QED) is 0.664. The lowest BCUT2D eigenvalue weighted by Crippen LogP contribution is -2.13. The molecule has 0 aliphatic heterocycles. The largest absolute Gasteiger partial charge is 0.461 e. The van der Waals surface area contributed by atoms with E-state index in [2.05, 4.69) is 15.1 Å². The van der Waals surface area contributed by atoms with Crippen molar-refractivity contribution < 1.29 is 9.53 Å². The maximum Gasteiger partial charge on any atom is 0.310 e. The Labute approximate surface area is 148 Å². The van der Waals surface area contributed by atoms with E-state index >= 15 is 0 Å². The Morgan fingerprint density at radius 2 is 2.04 bits per heavy atom. The minimum atomic E-state index is -0.353. The standard InChI is InChI=1S/C16H14Cl2N4O2/c1-9-12(10(2)22-16(21-9)19-8-20-22)6-15(23)24-7-11-3-4-13(17)14(18)5-11/h3-5,8H,6-7H2,1-2H3. The summed E-state index contributed by atoms with van der Waals surface area (Å²) >= 11 is 11.8. The van der Waals surface area contributed by atoms with E-state index in [1.165, 1.54) is 6.33 Å². The molecule has 0 fully saturated rings. The molecule has 1 aromatic carbocycles. The monoisotopic (exact) mass is 364 g/mol. The smallest absolute Gasteiger partial charge is 0.310 e. The van der Waals surface area contributed by atoms with E-state index in [1.807, 2.05) is 13.8 Å². The summed E-state index contributed by atoms with van der Waals surface area (Å²) in [5.74, 6) is 0.159. The summed E-state index contributed by atoms with van der Waals surface area (Å²) in [5, 5.41) is 4.99. The molecule has 0 unspecified atom stereocenters. The van der Waals surface area contributed by atoms with Gasteiger partial charge in [-0.3, -0.25) is 4.79 Å². The topological polar surface area (TPSA) is 69.4 Å². The minimum absolute atomic E-state index is 0.113. The maximum atomic E-state index is 12.2. The highest BCUT2D eigenvalue weighted by Crippen LogP contribution is 2.23. The van der Waals surface area contributed by atoms with Crippen LogP contribution in [-0.2, 0) is 22.6 Å². The number of carbonyl (C=O) groups is 1. The van der Waals surface area contributed by atoms with Gasteiger partial charge >= 0.3 is 5.97 Å². The fraction of sp³-hybridized carbons (Fsp3) is 0.250. The van der Waals surface area contributed by atoms with Crippen molar-refractivity contribution in [1.29, 1.82) is 0 Å². The van der Waals surface area contributed by atoms with Crippen LogP contribution in [0.1, 0.15) is 22.5 Å². The number of aryl methyl sites for hydroxylation is 2. The first-order valence-corrected chi connectivity index (χ1v) is 7.96. The lowest BCUT2D eigenvalue weighted by Gasteiger charge is -2.10.